The van der Waals surface area contributed by atoms with Crippen molar-refractivity contribution in [2.75, 3.05) is 20.8 Å². The molecule has 0 unspecified atom stereocenters. The van der Waals surface area contributed by atoms with Gasteiger partial charge >= 0.3 is 5.97 Å². The highest BCUT2D eigenvalue weighted by Crippen LogP contribution is 2.29. The highest BCUT2D eigenvalue weighted by Gasteiger charge is 2.18. The first-order valence-corrected chi connectivity index (χ1v) is 8.63. The van der Waals surface area contributed by atoms with Crippen LogP contribution in [0.4, 0.5) is 0 Å². The molecule has 25 heavy (non-hydrogen) atoms. The van der Waals surface area contributed by atoms with Crippen molar-refractivity contribution in [3.63, 3.8) is 0 Å². The van der Waals surface area contributed by atoms with Crippen LogP contribution in [-0.2, 0) is 26.2 Å². The number of esters is 1. The van der Waals surface area contributed by atoms with Gasteiger partial charge in [0.25, 0.3) is 0 Å². The van der Waals surface area contributed by atoms with E-state index in [1.807, 2.05) is 0 Å². The summed E-state index contributed by atoms with van der Waals surface area (Å²) in [5, 5.41) is 3.66. The molecule has 0 saturated carbocycles. The SMILES string of the molecule is COc1ccc(S(=O)(=O)NCC(=O)OCc2cc(C)on2)cc1OC. The summed E-state index contributed by atoms with van der Waals surface area (Å²) in [6, 6.07) is 5.71. The lowest BCUT2D eigenvalue weighted by Gasteiger charge is -2.10. The molecule has 0 saturated heterocycles. The van der Waals surface area contributed by atoms with Gasteiger partial charge in [-0.15, -0.1) is 0 Å². The Morgan fingerprint density at radius 3 is 2.52 bits per heavy atom. The fourth-order valence-corrected chi connectivity index (χ4v) is 2.90. The average Bonchev–Trinajstić information content (AvgIpc) is 3.02. The lowest BCUT2D eigenvalue weighted by Crippen LogP contribution is -2.30. The summed E-state index contributed by atoms with van der Waals surface area (Å²) in [7, 11) is -1.08. The number of hydrogen-bond donors (Lipinski definition) is 1. The minimum absolute atomic E-state index is 0.0647. The van der Waals surface area contributed by atoms with Crippen LogP contribution >= 0.6 is 0 Å². The Bertz CT molecular complexity index is 845. The second kappa shape index (κ2) is 7.99. The third kappa shape index (κ3) is 4.94. The van der Waals surface area contributed by atoms with Crippen molar-refractivity contribution in [3.05, 3.63) is 35.7 Å². The molecule has 9 nitrogen and oxygen atoms in total. The summed E-state index contributed by atoms with van der Waals surface area (Å²) < 4.78 is 46.5. The summed E-state index contributed by atoms with van der Waals surface area (Å²) in [5.41, 5.74) is 0.439. The van der Waals surface area contributed by atoms with Gasteiger partial charge in [0.1, 0.15) is 24.6 Å². The van der Waals surface area contributed by atoms with Crippen LogP contribution in [0.25, 0.3) is 0 Å². The van der Waals surface area contributed by atoms with E-state index in [1.165, 1.54) is 32.4 Å². The van der Waals surface area contributed by atoms with E-state index >= 15 is 0 Å². The predicted octanol–water partition coefficient (Wildman–Crippen LogP) is 1.02. The molecule has 10 heteroatoms. The molecule has 1 N–H and O–H groups in total. The molecule has 0 bridgehead atoms. The van der Waals surface area contributed by atoms with Crippen LogP contribution in [0.3, 0.4) is 0 Å². The van der Waals surface area contributed by atoms with Gasteiger partial charge in [-0.1, -0.05) is 5.16 Å². The fraction of sp³-hybridized carbons (Fsp3) is 0.333. The Balaban J connectivity index is 1.95. The largest absolute Gasteiger partial charge is 0.493 e. The molecular formula is C15H18N2O7S. The number of hydrogen-bond acceptors (Lipinski definition) is 8. The van der Waals surface area contributed by atoms with Gasteiger partial charge in [-0.3, -0.25) is 4.79 Å². The molecule has 0 aliphatic heterocycles. The Morgan fingerprint density at radius 1 is 1.20 bits per heavy atom. The highest BCUT2D eigenvalue weighted by molar-refractivity contribution is 7.89. The highest BCUT2D eigenvalue weighted by atomic mass is 32.2. The minimum Gasteiger partial charge on any atom is -0.493 e. The third-order valence-corrected chi connectivity index (χ3v) is 4.53. The van der Waals surface area contributed by atoms with Crippen LogP contribution in [-0.4, -0.2) is 40.3 Å². The minimum atomic E-state index is -3.91. The maximum atomic E-state index is 12.2. The van der Waals surface area contributed by atoms with Gasteiger partial charge in [-0.25, -0.2) is 8.42 Å². The summed E-state index contributed by atoms with van der Waals surface area (Å²) in [5.74, 6) is 0.489. The number of methoxy groups -OCH3 is 2. The third-order valence-electron chi connectivity index (χ3n) is 3.13. The number of carbonyl (C=O) groups excluding carboxylic acids is 1. The number of aryl methyl sites for hydroxylation is 1. The maximum absolute atomic E-state index is 12.2. The van der Waals surface area contributed by atoms with Gasteiger partial charge in [0.15, 0.2) is 11.5 Å². The van der Waals surface area contributed by atoms with Crippen molar-refractivity contribution < 1.29 is 31.9 Å². The average molecular weight is 370 g/mol. The molecule has 2 aromatic rings. The van der Waals surface area contributed by atoms with Crippen molar-refractivity contribution >= 4 is 16.0 Å². The van der Waals surface area contributed by atoms with E-state index < -0.39 is 22.5 Å². The topological polar surface area (TPSA) is 117 Å². The van der Waals surface area contributed by atoms with E-state index in [2.05, 4.69) is 9.88 Å². The van der Waals surface area contributed by atoms with Crippen LogP contribution in [0.15, 0.2) is 33.7 Å². The summed E-state index contributed by atoms with van der Waals surface area (Å²) in [4.78, 5) is 11.6. The van der Waals surface area contributed by atoms with Crippen LogP contribution in [0.2, 0.25) is 0 Å². The van der Waals surface area contributed by atoms with Crippen molar-refractivity contribution in [1.29, 1.82) is 0 Å². The maximum Gasteiger partial charge on any atom is 0.321 e. The number of rotatable bonds is 8. The number of nitrogens with one attached hydrogen (secondary N) is 1. The summed E-state index contributed by atoms with van der Waals surface area (Å²) in [6.07, 6.45) is 0. The first-order valence-electron chi connectivity index (χ1n) is 7.15. The molecule has 0 fully saturated rings. The van der Waals surface area contributed by atoms with Gasteiger partial charge in [0.05, 0.1) is 19.1 Å². The monoisotopic (exact) mass is 370 g/mol. The van der Waals surface area contributed by atoms with E-state index in [0.717, 1.165) is 0 Å². The standard InChI is InChI=1S/C15H18N2O7S/c1-10-6-11(17-24-10)9-23-15(18)8-16-25(19,20)12-4-5-13(21-2)14(7-12)22-3/h4-7,16H,8-9H2,1-3H3. The normalized spacial score (nSPS) is 11.2. The van der Waals surface area contributed by atoms with Crippen molar-refractivity contribution in [2.24, 2.45) is 0 Å². The van der Waals surface area contributed by atoms with E-state index in [-0.39, 0.29) is 17.3 Å². The zero-order valence-electron chi connectivity index (χ0n) is 13.9. The van der Waals surface area contributed by atoms with Crippen molar-refractivity contribution in [3.8, 4) is 11.5 Å². The second-order valence-corrected chi connectivity index (χ2v) is 6.70. The number of ether oxygens (including phenoxy) is 3. The molecule has 0 radical (unpaired) electrons. The number of benzene rings is 1. The van der Waals surface area contributed by atoms with E-state index in [0.29, 0.717) is 17.2 Å². The van der Waals surface area contributed by atoms with E-state index in [1.54, 1.807) is 13.0 Å². The molecular weight excluding hydrogens is 352 g/mol. The molecule has 0 aliphatic carbocycles. The molecule has 1 heterocycles. The zero-order valence-corrected chi connectivity index (χ0v) is 14.8. The number of sulfonamides is 1. The Hall–Kier alpha value is -2.59. The van der Waals surface area contributed by atoms with Gasteiger partial charge in [0.2, 0.25) is 10.0 Å². The van der Waals surface area contributed by atoms with Crippen LogP contribution in [0, 0.1) is 6.92 Å². The summed E-state index contributed by atoms with van der Waals surface area (Å²) >= 11 is 0. The van der Waals surface area contributed by atoms with Crippen molar-refractivity contribution in [1.82, 2.24) is 9.88 Å². The smallest absolute Gasteiger partial charge is 0.321 e. The number of aromatic nitrogens is 1. The van der Waals surface area contributed by atoms with Gasteiger partial charge in [0, 0.05) is 12.1 Å². The molecule has 1 aromatic carbocycles. The first-order chi connectivity index (χ1) is 11.9. The second-order valence-electron chi connectivity index (χ2n) is 4.93. The Kier molecular flexibility index (Phi) is 5.99. The Morgan fingerprint density at radius 2 is 1.92 bits per heavy atom. The van der Waals surface area contributed by atoms with Crippen LogP contribution < -0.4 is 14.2 Å². The molecule has 2 rings (SSSR count). The van der Waals surface area contributed by atoms with Gasteiger partial charge < -0.3 is 18.7 Å². The number of nitrogens with zero attached hydrogens (tertiary/aromatic N) is 1. The van der Waals surface area contributed by atoms with E-state index in [4.69, 9.17) is 18.7 Å². The molecule has 0 spiro atoms. The molecule has 136 valence electrons. The quantitative estimate of drug-likeness (QED) is 0.685. The van der Waals surface area contributed by atoms with E-state index in [9.17, 15) is 13.2 Å². The van der Waals surface area contributed by atoms with Gasteiger partial charge in [-0.05, 0) is 19.1 Å². The summed E-state index contributed by atoms with van der Waals surface area (Å²) in [6.45, 7) is 1.08. The molecule has 0 amide bonds. The Labute approximate surface area is 144 Å². The van der Waals surface area contributed by atoms with Crippen LogP contribution in [0.5, 0.6) is 11.5 Å². The molecule has 0 atom stereocenters. The lowest BCUT2D eigenvalue weighted by atomic mass is 10.3. The van der Waals surface area contributed by atoms with Gasteiger partial charge in [-0.2, -0.15) is 4.72 Å². The van der Waals surface area contributed by atoms with Crippen LogP contribution in [0.1, 0.15) is 11.5 Å². The number of carbonyl (C=O) groups is 1. The molecule has 0 aliphatic rings. The zero-order chi connectivity index (χ0) is 18.4. The molecule has 1 aromatic heterocycles. The van der Waals surface area contributed by atoms with Crippen molar-refractivity contribution in [2.45, 2.75) is 18.4 Å². The lowest BCUT2D eigenvalue weighted by molar-refractivity contribution is -0.143. The predicted molar refractivity (Wildman–Crippen MR) is 85.8 cm³/mol. The first kappa shape index (κ1) is 18.7. The fourth-order valence-electron chi connectivity index (χ4n) is 1.91.